The average molecular weight is 439 g/mol. The molecule has 2 aliphatic heterocycles. The minimum absolute atomic E-state index is 0.116. The first-order valence-electron chi connectivity index (χ1n) is 10.9. The number of hydrogen-bond acceptors (Lipinski definition) is 6. The van der Waals surface area contributed by atoms with Crippen LogP contribution in [0.5, 0.6) is 5.75 Å². The van der Waals surface area contributed by atoms with Gasteiger partial charge in [-0.1, -0.05) is 0 Å². The molecule has 30 heavy (non-hydrogen) atoms. The number of hydrogen-bond donors (Lipinski definition) is 1. The lowest BCUT2D eigenvalue weighted by molar-refractivity contribution is -0.132. The highest BCUT2D eigenvalue weighted by atomic mass is 32.2. The van der Waals surface area contributed by atoms with Crippen LogP contribution in [-0.2, 0) is 14.8 Å². The van der Waals surface area contributed by atoms with Gasteiger partial charge in [-0.2, -0.15) is 4.31 Å². The second-order valence-corrected chi connectivity index (χ2v) is 9.71. The predicted octanol–water partition coefficient (Wildman–Crippen LogP) is 0.994. The van der Waals surface area contributed by atoms with E-state index in [-0.39, 0.29) is 17.3 Å². The molecule has 1 aromatic carbocycles. The summed E-state index contributed by atoms with van der Waals surface area (Å²) >= 11 is 0. The molecular weight excluding hydrogens is 404 g/mol. The molecule has 2 fully saturated rings. The molecule has 0 aromatic heterocycles. The van der Waals surface area contributed by atoms with E-state index in [9.17, 15) is 13.2 Å². The van der Waals surface area contributed by atoms with Gasteiger partial charge >= 0.3 is 0 Å². The standard InChI is InChI=1S/C21H34N4O4S/c1-2-29-19-6-8-20(9-7-19)30(27,28)25(15-5-14-23-12-3-4-13-23)18-21(26)24-16-10-22-11-17-24/h6-9,22H,2-5,10-18H2,1H3. The number of piperazine rings is 1. The molecule has 0 saturated carbocycles. The molecular formula is C21H34N4O4S. The lowest BCUT2D eigenvalue weighted by Crippen LogP contribution is -2.50. The Morgan fingerprint density at radius 1 is 1.10 bits per heavy atom. The number of carbonyl (C=O) groups is 1. The molecule has 0 unspecified atom stereocenters. The number of nitrogens with zero attached hydrogens (tertiary/aromatic N) is 3. The summed E-state index contributed by atoms with van der Waals surface area (Å²) < 4.78 is 33.4. The summed E-state index contributed by atoms with van der Waals surface area (Å²) in [5.41, 5.74) is 0. The van der Waals surface area contributed by atoms with Gasteiger partial charge in [0.2, 0.25) is 15.9 Å². The van der Waals surface area contributed by atoms with E-state index in [1.165, 1.54) is 17.1 Å². The van der Waals surface area contributed by atoms with Crippen LogP contribution in [0.1, 0.15) is 26.2 Å². The van der Waals surface area contributed by atoms with E-state index < -0.39 is 10.0 Å². The number of likely N-dealkylation sites (tertiary alicyclic amines) is 1. The molecule has 1 N–H and O–H groups in total. The number of sulfonamides is 1. The zero-order chi connectivity index (χ0) is 21.4. The number of amides is 1. The summed E-state index contributed by atoms with van der Waals surface area (Å²) in [6.07, 6.45) is 3.12. The quantitative estimate of drug-likeness (QED) is 0.587. The molecule has 1 amide bonds. The molecule has 8 nitrogen and oxygen atoms in total. The molecule has 2 heterocycles. The summed E-state index contributed by atoms with van der Waals surface area (Å²) in [6, 6.07) is 6.44. The Balaban J connectivity index is 1.70. The first-order valence-corrected chi connectivity index (χ1v) is 12.4. The summed E-state index contributed by atoms with van der Waals surface area (Å²) in [7, 11) is -3.77. The van der Waals surface area contributed by atoms with Crippen LogP contribution in [0.2, 0.25) is 0 Å². The Labute approximate surface area is 180 Å². The van der Waals surface area contributed by atoms with Gasteiger partial charge < -0.3 is 19.9 Å². The van der Waals surface area contributed by atoms with Crippen molar-refractivity contribution in [3.63, 3.8) is 0 Å². The van der Waals surface area contributed by atoms with Crippen LogP contribution in [0.15, 0.2) is 29.2 Å². The fourth-order valence-corrected chi connectivity index (χ4v) is 5.38. The molecule has 0 spiro atoms. The number of nitrogens with one attached hydrogen (secondary N) is 1. The van der Waals surface area contributed by atoms with Crippen molar-refractivity contribution in [2.45, 2.75) is 31.1 Å². The Kier molecular flexibility index (Phi) is 8.50. The van der Waals surface area contributed by atoms with Crippen LogP contribution in [-0.4, -0.2) is 93.9 Å². The smallest absolute Gasteiger partial charge is 0.243 e. The van der Waals surface area contributed by atoms with Crippen molar-refractivity contribution in [2.75, 3.05) is 65.5 Å². The van der Waals surface area contributed by atoms with E-state index in [1.54, 1.807) is 29.2 Å². The van der Waals surface area contributed by atoms with Gasteiger partial charge in [0.05, 0.1) is 18.0 Å². The summed E-state index contributed by atoms with van der Waals surface area (Å²) in [5.74, 6) is 0.501. The zero-order valence-corrected chi connectivity index (χ0v) is 18.7. The molecule has 0 aliphatic carbocycles. The maximum atomic E-state index is 13.3. The van der Waals surface area contributed by atoms with Crippen LogP contribution in [0.4, 0.5) is 0 Å². The predicted molar refractivity (Wildman–Crippen MR) is 116 cm³/mol. The van der Waals surface area contributed by atoms with E-state index in [0.717, 1.165) is 32.7 Å². The molecule has 2 saturated heterocycles. The van der Waals surface area contributed by atoms with Crippen LogP contribution >= 0.6 is 0 Å². The minimum atomic E-state index is -3.77. The minimum Gasteiger partial charge on any atom is -0.494 e. The SMILES string of the molecule is CCOc1ccc(S(=O)(=O)N(CCCN2CCCC2)CC(=O)N2CCNCC2)cc1. The van der Waals surface area contributed by atoms with Crippen LogP contribution in [0.3, 0.4) is 0 Å². The third kappa shape index (κ3) is 6.16. The fourth-order valence-electron chi connectivity index (χ4n) is 3.95. The van der Waals surface area contributed by atoms with Gasteiger partial charge in [-0.05, 0) is 70.1 Å². The average Bonchev–Trinajstić information content (AvgIpc) is 3.28. The van der Waals surface area contributed by atoms with Gasteiger partial charge in [0.1, 0.15) is 5.75 Å². The second kappa shape index (κ2) is 11.1. The van der Waals surface area contributed by atoms with E-state index in [4.69, 9.17) is 4.74 Å². The van der Waals surface area contributed by atoms with Gasteiger partial charge in [-0.15, -0.1) is 0 Å². The van der Waals surface area contributed by atoms with E-state index in [1.807, 2.05) is 6.92 Å². The van der Waals surface area contributed by atoms with Gasteiger partial charge in [-0.3, -0.25) is 4.79 Å². The van der Waals surface area contributed by atoms with Crippen molar-refractivity contribution in [1.82, 2.24) is 19.4 Å². The summed E-state index contributed by atoms with van der Waals surface area (Å²) in [5, 5.41) is 3.22. The van der Waals surface area contributed by atoms with Crippen molar-refractivity contribution < 1.29 is 17.9 Å². The number of benzene rings is 1. The van der Waals surface area contributed by atoms with Gasteiger partial charge in [-0.25, -0.2) is 8.42 Å². The topological polar surface area (TPSA) is 82.2 Å². The molecule has 0 bridgehead atoms. The summed E-state index contributed by atoms with van der Waals surface area (Å²) in [4.78, 5) is 17.1. The third-order valence-electron chi connectivity index (χ3n) is 5.63. The number of ether oxygens (including phenoxy) is 1. The van der Waals surface area contributed by atoms with Gasteiger partial charge in [0.15, 0.2) is 0 Å². The van der Waals surface area contributed by atoms with Crippen molar-refractivity contribution in [3.8, 4) is 5.75 Å². The van der Waals surface area contributed by atoms with Gasteiger partial charge in [0.25, 0.3) is 0 Å². The third-order valence-corrected chi connectivity index (χ3v) is 7.49. The van der Waals surface area contributed by atoms with Crippen LogP contribution in [0.25, 0.3) is 0 Å². The Bertz CT molecular complexity index is 773. The monoisotopic (exact) mass is 438 g/mol. The Morgan fingerprint density at radius 2 is 1.77 bits per heavy atom. The molecule has 3 rings (SSSR count). The first-order chi connectivity index (χ1) is 14.5. The Hall–Kier alpha value is -1.68. The Morgan fingerprint density at radius 3 is 2.40 bits per heavy atom. The number of rotatable bonds is 10. The second-order valence-electron chi connectivity index (χ2n) is 7.78. The molecule has 1 aromatic rings. The highest BCUT2D eigenvalue weighted by Crippen LogP contribution is 2.20. The van der Waals surface area contributed by atoms with E-state index >= 15 is 0 Å². The van der Waals surface area contributed by atoms with Crippen LogP contribution in [0, 0.1) is 0 Å². The highest BCUT2D eigenvalue weighted by Gasteiger charge is 2.29. The zero-order valence-electron chi connectivity index (χ0n) is 17.9. The van der Waals surface area contributed by atoms with Crippen molar-refractivity contribution in [2.24, 2.45) is 0 Å². The molecule has 2 aliphatic rings. The highest BCUT2D eigenvalue weighted by molar-refractivity contribution is 7.89. The van der Waals surface area contributed by atoms with E-state index in [0.29, 0.717) is 38.4 Å². The molecule has 0 radical (unpaired) electrons. The number of carbonyl (C=O) groups excluding carboxylic acids is 1. The lowest BCUT2D eigenvalue weighted by atomic mass is 10.3. The lowest BCUT2D eigenvalue weighted by Gasteiger charge is -2.30. The molecule has 9 heteroatoms. The van der Waals surface area contributed by atoms with Crippen molar-refractivity contribution >= 4 is 15.9 Å². The van der Waals surface area contributed by atoms with Crippen molar-refractivity contribution in [3.05, 3.63) is 24.3 Å². The maximum Gasteiger partial charge on any atom is 0.243 e. The normalized spacial score (nSPS) is 18.1. The molecule has 0 atom stereocenters. The fraction of sp³-hybridized carbons (Fsp3) is 0.667. The molecule has 168 valence electrons. The maximum absolute atomic E-state index is 13.3. The first kappa shape index (κ1) is 23.0. The largest absolute Gasteiger partial charge is 0.494 e. The van der Waals surface area contributed by atoms with Crippen molar-refractivity contribution in [1.29, 1.82) is 0 Å². The van der Waals surface area contributed by atoms with E-state index in [2.05, 4.69) is 10.2 Å². The van der Waals surface area contributed by atoms with Crippen LogP contribution < -0.4 is 10.1 Å². The summed E-state index contributed by atoms with van der Waals surface area (Å²) in [6.45, 7) is 8.35. The van der Waals surface area contributed by atoms with Gasteiger partial charge in [0, 0.05) is 32.7 Å².